The average molecular weight is 242 g/mol. The van der Waals surface area contributed by atoms with Crippen LogP contribution in [0.15, 0.2) is 0 Å². The van der Waals surface area contributed by atoms with Gasteiger partial charge in [-0.1, -0.05) is 41.0 Å². The zero-order chi connectivity index (χ0) is 13.1. The zero-order valence-corrected chi connectivity index (χ0v) is 12.8. The molecule has 104 valence electrons. The molecule has 0 spiro atoms. The van der Waals surface area contributed by atoms with Crippen molar-refractivity contribution in [1.29, 1.82) is 0 Å². The van der Waals surface area contributed by atoms with E-state index in [9.17, 15) is 0 Å². The fraction of sp³-hybridized carbons (Fsp3) is 1.00. The predicted molar refractivity (Wildman–Crippen MR) is 78.6 cm³/mol. The van der Waals surface area contributed by atoms with E-state index in [0.29, 0.717) is 5.41 Å². The molecular formula is C15H34N2. The second-order valence-electron chi connectivity index (χ2n) is 5.61. The maximum absolute atomic E-state index is 3.61. The summed E-state index contributed by atoms with van der Waals surface area (Å²) in [6.45, 7) is 17.5. The molecule has 0 heterocycles. The van der Waals surface area contributed by atoms with Crippen molar-refractivity contribution in [1.82, 2.24) is 10.2 Å². The highest BCUT2D eigenvalue weighted by Crippen LogP contribution is 2.24. The third kappa shape index (κ3) is 7.77. The van der Waals surface area contributed by atoms with Crippen molar-refractivity contribution in [3.8, 4) is 0 Å². The van der Waals surface area contributed by atoms with Crippen molar-refractivity contribution in [2.75, 3.05) is 32.7 Å². The van der Waals surface area contributed by atoms with Gasteiger partial charge in [0.2, 0.25) is 0 Å². The molecule has 0 radical (unpaired) electrons. The maximum Gasteiger partial charge on any atom is 0.00474 e. The minimum absolute atomic E-state index is 0.440. The average Bonchev–Trinajstić information content (AvgIpc) is 2.29. The zero-order valence-electron chi connectivity index (χ0n) is 12.8. The molecule has 0 aromatic heterocycles. The Morgan fingerprint density at radius 2 is 1.71 bits per heavy atom. The molecule has 1 atom stereocenters. The standard InChI is InChI=1S/C15H34N2/c1-6-10-15(5,13-16-11-7-2)14-17(9-4)12-8-3/h16H,6-14H2,1-5H3. The van der Waals surface area contributed by atoms with Crippen molar-refractivity contribution in [2.45, 2.75) is 60.3 Å². The molecule has 0 amide bonds. The van der Waals surface area contributed by atoms with Gasteiger partial charge >= 0.3 is 0 Å². The van der Waals surface area contributed by atoms with Gasteiger partial charge in [-0.15, -0.1) is 0 Å². The molecule has 0 bridgehead atoms. The Bertz CT molecular complexity index is 170. The topological polar surface area (TPSA) is 15.3 Å². The van der Waals surface area contributed by atoms with Crippen LogP contribution in [0.2, 0.25) is 0 Å². The molecule has 2 nitrogen and oxygen atoms in total. The van der Waals surface area contributed by atoms with Crippen molar-refractivity contribution < 1.29 is 0 Å². The van der Waals surface area contributed by atoms with Crippen molar-refractivity contribution >= 4 is 0 Å². The molecule has 17 heavy (non-hydrogen) atoms. The first-order valence-corrected chi connectivity index (χ1v) is 7.54. The summed E-state index contributed by atoms with van der Waals surface area (Å²) in [5.41, 5.74) is 0.440. The lowest BCUT2D eigenvalue weighted by molar-refractivity contribution is 0.154. The Morgan fingerprint density at radius 3 is 2.18 bits per heavy atom. The first kappa shape index (κ1) is 16.9. The fourth-order valence-corrected chi connectivity index (χ4v) is 2.60. The normalized spacial score (nSPS) is 15.2. The van der Waals surface area contributed by atoms with Crippen LogP contribution < -0.4 is 5.32 Å². The van der Waals surface area contributed by atoms with Crippen LogP contribution in [0.3, 0.4) is 0 Å². The number of hydrogen-bond acceptors (Lipinski definition) is 2. The molecule has 1 N–H and O–H groups in total. The van der Waals surface area contributed by atoms with Gasteiger partial charge in [-0.3, -0.25) is 0 Å². The highest BCUT2D eigenvalue weighted by atomic mass is 15.1. The van der Waals surface area contributed by atoms with E-state index < -0.39 is 0 Å². The molecule has 1 unspecified atom stereocenters. The minimum Gasteiger partial charge on any atom is -0.316 e. The first-order valence-electron chi connectivity index (χ1n) is 7.54. The van der Waals surface area contributed by atoms with E-state index >= 15 is 0 Å². The molecule has 2 heteroatoms. The Kier molecular flexibility index (Phi) is 9.85. The Morgan fingerprint density at radius 1 is 1.00 bits per heavy atom. The van der Waals surface area contributed by atoms with Gasteiger partial charge in [0.05, 0.1) is 0 Å². The molecule has 0 saturated carbocycles. The highest BCUT2D eigenvalue weighted by molar-refractivity contribution is 4.80. The van der Waals surface area contributed by atoms with Gasteiger partial charge in [-0.05, 0) is 44.3 Å². The van der Waals surface area contributed by atoms with E-state index in [1.165, 1.54) is 45.3 Å². The Hall–Kier alpha value is -0.0800. The van der Waals surface area contributed by atoms with Gasteiger partial charge in [-0.25, -0.2) is 0 Å². The summed E-state index contributed by atoms with van der Waals surface area (Å²) in [6.07, 6.45) is 5.10. The van der Waals surface area contributed by atoms with Crippen LogP contribution in [0.4, 0.5) is 0 Å². The number of nitrogens with one attached hydrogen (secondary N) is 1. The molecule has 0 aliphatic carbocycles. The monoisotopic (exact) mass is 242 g/mol. The quantitative estimate of drug-likeness (QED) is 0.558. The molecule has 0 rings (SSSR count). The van der Waals surface area contributed by atoms with Gasteiger partial charge < -0.3 is 10.2 Å². The van der Waals surface area contributed by atoms with Crippen molar-refractivity contribution in [3.05, 3.63) is 0 Å². The van der Waals surface area contributed by atoms with Crippen LogP contribution in [-0.2, 0) is 0 Å². The smallest absolute Gasteiger partial charge is 0.00474 e. The van der Waals surface area contributed by atoms with Crippen molar-refractivity contribution in [3.63, 3.8) is 0 Å². The van der Waals surface area contributed by atoms with E-state index in [0.717, 1.165) is 13.1 Å². The molecule has 0 fully saturated rings. The van der Waals surface area contributed by atoms with Gasteiger partial charge in [0.1, 0.15) is 0 Å². The first-order chi connectivity index (χ1) is 8.11. The number of rotatable bonds is 11. The van der Waals surface area contributed by atoms with Crippen LogP contribution in [0.1, 0.15) is 60.3 Å². The van der Waals surface area contributed by atoms with Gasteiger partial charge in [-0.2, -0.15) is 0 Å². The fourth-order valence-electron chi connectivity index (χ4n) is 2.60. The van der Waals surface area contributed by atoms with Crippen LogP contribution in [-0.4, -0.2) is 37.6 Å². The highest BCUT2D eigenvalue weighted by Gasteiger charge is 2.25. The van der Waals surface area contributed by atoms with Crippen LogP contribution in [0.25, 0.3) is 0 Å². The van der Waals surface area contributed by atoms with Gasteiger partial charge in [0, 0.05) is 13.1 Å². The van der Waals surface area contributed by atoms with Crippen LogP contribution in [0, 0.1) is 5.41 Å². The predicted octanol–water partition coefficient (Wildman–Crippen LogP) is 3.52. The third-order valence-electron chi connectivity index (χ3n) is 3.42. The van der Waals surface area contributed by atoms with E-state index in [4.69, 9.17) is 0 Å². The lowest BCUT2D eigenvalue weighted by atomic mass is 9.84. The lowest BCUT2D eigenvalue weighted by Gasteiger charge is -2.35. The summed E-state index contributed by atoms with van der Waals surface area (Å²) in [5, 5.41) is 3.61. The summed E-state index contributed by atoms with van der Waals surface area (Å²) < 4.78 is 0. The molecule has 0 aromatic rings. The van der Waals surface area contributed by atoms with Crippen LogP contribution >= 0.6 is 0 Å². The minimum atomic E-state index is 0.440. The Balaban J connectivity index is 4.24. The molecule has 0 aromatic carbocycles. The number of hydrogen-bond donors (Lipinski definition) is 1. The largest absolute Gasteiger partial charge is 0.316 e. The molecule has 0 saturated heterocycles. The third-order valence-corrected chi connectivity index (χ3v) is 3.42. The summed E-state index contributed by atoms with van der Waals surface area (Å²) in [4.78, 5) is 2.60. The summed E-state index contributed by atoms with van der Waals surface area (Å²) in [7, 11) is 0. The second-order valence-corrected chi connectivity index (χ2v) is 5.61. The van der Waals surface area contributed by atoms with Crippen molar-refractivity contribution in [2.24, 2.45) is 5.41 Å². The second kappa shape index (κ2) is 9.90. The van der Waals surface area contributed by atoms with Gasteiger partial charge in [0.25, 0.3) is 0 Å². The molecule has 0 aliphatic heterocycles. The van der Waals surface area contributed by atoms with E-state index in [1.807, 2.05) is 0 Å². The maximum atomic E-state index is 3.61. The summed E-state index contributed by atoms with van der Waals surface area (Å²) >= 11 is 0. The van der Waals surface area contributed by atoms with E-state index in [2.05, 4.69) is 44.8 Å². The summed E-state index contributed by atoms with van der Waals surface area (Å²) in [6, 6.07) is 0. The van der Waals surface area contributed by atoms with Gasteiger partial charge in [0.15, 0.2) is 0 Å². The lowest BCUT2D eigenvalue weighted by Crippen LogP contribution is -2.42. The Labute approximate surface area is 109 Å². The molecular weight excluding hydrogens is 208 g/mol. The van der Waals surface area contributed by atoms with E-state index in [-0.39, 0.29) is 0 Å². The van der Waals surface area contributed by atoms with Crippen LogP contribution in [0.5, 0.6) is 0 Å². The SMILES string of the molecule is CCCNCC(C)(CCC)CN(CC)CCC. The van der Waals surface area contributed by atoms with E-state index in [1.54, 1.807) is 0 Å². The summed E-state index contributed by atoms with van der Waals surface area (Å²) in [5.74, 6) is 0. The molecule has 0 aliphatic rings. The number of nitrogens with zero attached hydrogens (tertiary/aromatic N) is 1.